The molecule has 2 aromatic heterocycles. The summed E-state index contributed by atoms with van der Waals surface area (Å²) in [6, 6.07) is 21.7. The fraction of sp³-hybridized carbons (Fsp3) is 0.0769. The Morgan fingerprint density at radius 3 is 1.44 bits per heavy atom. The average molecular weight is 422 g/mol. The zero-order valence-electron chi connectivity index (χ0n) is 17.8. The van der Waals surface area contributed by atoms with Crippen LogP contribution in [0.3, 0.4) is 0 Å². The summed E-state index contributed by atoms with van der Waals surface area (Å²) in [7, 11) is 0. The number of hydrogen-bond acceptors (Lipinski definition) is 4. The average Bonchev–Trinajstić information content (AvgIpc) is 2.79. The zero-order chi connectivity index (χ0) is 22.5. The number of hydrogen-bond donors (Lipinski definition) is 2. The highest BCUT2D eigenvalue weighted by atomic mass is 16.2. The van der Waals surface area contributed by atoms with Crippen molar-refractivity contribution in [1.82, 2.24) is 9.97 Å². The summed E-state index contributed by atoms with van der Waals surface area (Å²) in [6.07, 6.45) is 3.30. The van der Waals surface area contributed by atoms with Crippen LogP contribution in [0, 0.1) is 13.8 Å². The Balaban J connectivity index is 1.68. The summed E-state index contributed by atoms with van der Waals surface area (Å²) in [5.74, 6) is 0.353. The number of carbonyl (C=O) groups is 2. The molecule has 0 unspecified atom stereocenters. The van der Waals surface area contributed by atoms with E-state index in [1.807, 2.05) is 50.2 Å². The van der Waals surface area contributed by atoms with Gasteiger partial charge in [0.15, 0.2) is 0 Å². The molecule has 4 aromatic rings. The van der Waals surface area contributed by atoms with Crippen molar-refractivity contribution in [3.8, 4) is 11.1 Å². The van der Waals surface area contributed by atoms with Crippen molar-refractivity contribution in [2.45, 2.75) is 13.8 Å². The SMILES string of the molecule is Cc1ccnc(NC(=O)c2ccccc2-c2ccccc2C(=O)Nc2cc(C)ccn2)c1. The minimum absolute atomic E-state index is 0.297. The molecular formula is C26H22N4O2. The first-order valence-electron chi connectivity index (χ1n) is 10.2. The first-order valence-corrected chi connectivity index (χ1v) is 10.2. The van der Waals surface area contributed by atoms with E-state index in [1.165, 1.54) is 0 Å². The van der Waals surface area contributed by atoms with E-state index in [2.05, 4.69) is 20.6 Å². The molecule has 0 aliphatic heterocycles. The highest BCUT2D eigenvalue weighted by Crippen LogP contribution is 2.28. The quantitative estimate of drug-likeness (QED) is 0.459. The number of amides is 2. The molecule has 0 atom stereocenters. The molecule has 0 saturated heterocycles. The lowest BCUT2D eigenvalue weighted by atomic mass is 9.94. The van der Waals surface area contributed by atoms with Gasteiger partial charge in [-0.15, -0.1) is 0 Å². The number of nitrogens with zero attached hydrogens (tertiary/aromatic N) is 2. The van der Waals surface area contributed by atoms with Crippen molar-refractivity contribution in [2.75, 3.05) is 10.6 Å². The number of benzene rings is 2. The number of pyridine rings is 2. The van der Waals surface area contributed by atoms with E-state index in [9.17, 15) is 9.59 Å². The van der Waals surface area contributed by atoms with Crippen LogP contribution in [-0.4, -0.2) is 21.8 Å². The van der Waals surface area contributed by atoms with Gasteiger partial charge in [-0.1, -0.05) is 36.4 Å². The molecule has 0 radical (unpaired) electrons. The van der Waals surface area contributed by atoms with Gasteiger partial charge >= 0.3 is 0 Å². The predicted molar refractivity (Wildman–Crippen MR) is 126 cm³/mol. The van der Waals surface area contributed by atoms with E-state index in [0.717, 1.165) is 11.1 Å². The number of nitrogens with one attached hydrogen (secondary N) is 2. The van der Waals surface area contributed by atoms with Crippen LogP contribution in [0.2, 0.25) is 0 Å². The molecule has 6 nitrogen and oxygen atoms in total. The van der Waals surface area contributed by atoms with E-state index in [1.54, 1.807) is 48.8 Å². The molecule has 0 saturated carbocycles. The Morgan fingerprint density at radius 2 is 1.03 bits per heavy atom. The number of anilines is 2. The largest absolute Gasteiger partial charge is 0.307 e. The molecule has 6 heteroatoms. The molecule has 0 aliphatic rings. The lowest BCUT2D eigenvalue weighted by molar-refractivity contribution is 0.101. The third-order valence-corrected chi connectivity index (χ3v) is 4.95. The molecule has 0 fully saturated rings. The smallest absolute Gasteiger partial charge is 0.257 e. The van der Waals surface area contributed by atoms with Gasteiger partial charge in [0.25, 0.3) is 11.8 Å². The van der Waals surface area contributed by atoms with Crippen molar-refractivity contribution in [2.24, 2.45) is 0 Å². The molecular weight excluding hydrogens is 400 g/mol. The van der Waals surface area contributed by atoms with Gasteiger partial charge in [-0.05, 0) is 72.5 Å². The van der Waals surface area contributed by atoms with Crippen LogP contribution in [0.1, 0.15) is 31.8 Å². The molecule has 158 valence electrons. The van der Waals surface area contributed by atoms with Crippen LogP contribution in [0.5, 0.6) is 0 Å². The first kappa shape index (κ1) is 20.9. The number of aryl methyl sites for hydroxylation is 2. The lowest BCUT2D eigenvalue weighted by Crippen LogP contribution is -2.16. The van der Waals surface area contributed by atoms with Gasteiger partial charge in [-0.2, -0.15) is 0 Å². The van der Waals surface area contributed by atoms with Crippen molar-refractivity contribution in [1.29, 1.82) is 0 Å². The molecule has 2 heterocycles. The second-order valence-electron chi connectivity index (χ2n) is 7.44. The van der Waals surface area contributed by atoms with Crippen molar-refractivity contribution in [3.63, 3.8) is 0 Å². The molecule has 0 bridgehead atoms. The monoisotopic (exact) mass is 422 g/mol. The van der Waals surface area contributed by atoms with E-state index in [-0.39, 0.29) is 11.8 Å². The van der Waals surface area contributed by atoms with Crippen LogP contribution in [0.25, 0.3) is 11.1 Å². The van der Waals surface area contributed by atoms with Gasteiger partial charge < -0.3 is 10.6 Å². The van der Waals surface area contributed by atoms with E-state index >= 15 is 0 Å². The van der Waals surface area contributed by atoms with Gasteiger partial charge in [0.2, 0.25) is 0 Å². The van der Waals surface area contributed by atoms with Crippen molar-refractivity contribution < 1.29 is 9.59 Å². The maximum atomic E-state index is 13.1. The topological polar surface area (TPSA) is 84.0 Å². The van der Waals surface area contributed by atoms with Gasteiger partial charge in [-0.25, -0.2) is 9.97 Å². The maximum Gasteiger partial charge on any atom is 0.257 e. The highest BCUT2D eigenvalue weighted by molar-refractivity contribution is 6.12. The fourth-order valence-corrected chi connectivity index (χ4v) is 3.41. The molecule has 2 amide bonds. The Morgan fingerprint density at radius 1 is 0.625 bits per heavy atom. The van der Waals surface area contributed by atoms with Gasteiger partial charge in [-0.3, -0.25) is 9.59 Å². The molecule has 4 rings (SSSR count). The van der Waals surface area contributed by atoms with Gasteiger partial charge in [0.1, 0.15) is 11.6 Å². The van der Waals surface area contributed by atoms with Gasteiger partial charge in [0.05, 0.1) is 0 Å². The van der Waals surface area contributed by atoms with E-state index < -0.39 is 0 Å². The van der Waals surface area contributed by atoms with E-state index in [4.69, 9.17) is 0 Å². The fourth-order valence-electron chi connectivity index (χ4n) is 3.41. The van der Waals surface area contributed by atoms with Crippen LogP contribution in [0.15, 0.2) is 85.2 Å². The Kier molecular flexibility index (Phi) is 6.03. The van der Waals surface area contributed by atoms with Crippen LogP contribution >= 0.6 is 0 Å². The standard InChI is InChI=1S/C26H22N4O2/c1-17-11-13-27-23(15-17)29-25(31)21-9-5-3-7-19(21)20-8-4-6-10-22(20)26(32)30-24-16-18(2)12-14-28-24/h3-16H,1-2H3,(H,27,29,31)(H,28,30,32). The normalized spacial score (nSPS) is 10.4. The van der Waals surface area contributed by atoms with Crippen LogP contribution in [-0.2, 0) is 0 Å². The molecule has 32 heavy (non-hydrogen) atoms. The number of rotatable bonds is 5. The zero-order valence-corrected chi connectivity index (χ0v) is 17.8. The second-order valence-corrected chi connectivity index (χ2v) is 7.44. The summed E-state index contributed by atoms with van der Waals surface area (Å²) in [5, 5.41) is 5.69. The molecule has 0 spiro atoms. The highest BCUT2D eigenvalue weighted by Gasteiger charge is 2.18. The predicted octanol–water partition coefficient (Wildman–Crippen LogP) is 5.27. The summed E-state index contributed by atoms with van der Waals surface area (Å²) < 4.78 is 0. The summed E-state index contributed by atoms with van der Waals surface area (Å²) in [6.45, 7) is 3.87. The maximum absolute atomic E-state index is 13.1. The second kappa shape index (κ2) is 9.22. The van der Waals surface area contributed by atoms with Crippen molar-refractivity contribution >= 4 is 23.5 Å². The van der Waals surface area contributed by atoms with Crippen molar-refractivity contribution in [3.05, 3.63) is 107 Å². The number of carbonyl (C=O) groups excluding carboxylic acids is 2. The molecule has 2 N–H and O–H groups in total. The summed E-state index contributed by atoms with van der Waals surface area (Å²) in [5.41, 5.74) is 4.20. The first-order chi connectivity index (χ1) is 15.5. The minimum Gasteiger partial charge on any atom is -0.307 e. The lowest BCUT2D eigenvalue weighted by Gasteiger charge is -2.14. The van der Waals surface area contributed by atoms with E-state index in [0.29, 0.717) is 33.9 Å². The third-order valence-electron chi connectivity index (χ3n) is 4.95. The Bertz CT molecular complexity index is 1200. The summed E-state index contributed by atoms with van der Waals surface area (Å²) in [4.78, 5) is 34.5. The molecule has 0 aliphatic carbocycles. The number of aromatic nitrogens is 2. The van der Waals surface area contributed by atoms with Crippen LogP contribution in [0.4, 0.5) is 11.6 Å². The van der Waals surface area contributed by atoms with Crippen LogP contribution < -0.4 is 10.6 Å². The third kappa shape index (κ3) is 4.70. The Labute approximate surface area is 186 Å². The Hall–Kier alpha value is -4.32. The van der Waals surface area contributed by atoms with Gasteiger partial charge in [0, 0.05) is 23.5 Å². The summed E-state index contributed by atoms with van der Waals surface area (Å²) >= 11 is 0. The molecule has 2 aromatic carbocycles. The minimum atomic E-state index is -0.297.